The maximum absolute atomic E-state index is 12.4. The van der Waals surface area contributed by atoms with E-state index in [0.717, 1.165) is 24.0 Å². The molecule has 0 aliphatic carbocycles. The Morgan fingerprint density at radius 2 is 2.07 bits per heavy atom. The molecule has 1 atom stereocenters. The minimum atomic E-state index is -1.14. The van der Waals surface area contributed by atoms with Gasteiger partial charge in [0, 0.05) is 31.1 Å². The van der Waals surface area contributed by atoms with Crippen LogP contribution in [0.15, 0.2) is 42.7 Å². The lowest BCUT2D eigenvalue weighted by Gasteiger charge is -2.28. The number of carbonyl (C=O) groups excluding carboxylic acids is 2. The third kappa shape index (κ3) is 4.98. The van der Waals surface area contributed by atoms with E-state index in [1.165, 1.54) is 0 Å². The number of nitrogens with zero attached hydrogens (tertiary/aromatic N) is 1. The first-order chi connectivity index (χ1) is 13.6. The second-order valence-corrected chi connectivity index (χ2v) is 7.03. The minimum absolute atomic E-state index is 0.0254. The van der Waals surface area contributed by atoms with Crippen LogP contribution in [0.2, 0.25) is 5.82 Å². The summed E-state index contributed by atoms with van der Waals surface area (Å²) in [6.07, 6.45) is 6.00. The van der Waals surface area contributed by atoms with Crippen molar-refractivity contribution >= 4 is 18.9 Å². The summed E-state index contributed by atoms with van der Waals surface area (Å²) < 4.78 is 10.9. The van der Waals surface area contributed by atoms with Gasteiger partial charge in [-0.1, -0.05) is 25.5 Å². The van der Waals surface area contributed by atoms with Gasteiger partial charge in [-0.3, -0.25) is 9.78 Å². The van der Waals surface area contributed by atoms with Crippen LogP contribution >= 0.6 is 0 Å². The molecule has 28 heavy (non-hydrogen) atoms. The number of pyridine rings is 1. The Morgan fingerprint density at radius 3 is 2.82 bits per heavy atom. The fourth-order valence-electron chi connectivity index (χ4n) is 3.30. The second kappa shape index (κ2) is 9.51. The molecule has 1 N–H and O–H groups in total. The van der Waals surface area contributed by atoms with Crippen molar-refractivity contribution in [1.29, 1.82) is 0 Å². The molecule has 7 heteroatoms. The number of carbonyl (C=O) groups is 2. The summed E-state index contributed by atoms with van der Waals surface area (Å²) in [6.45, 7) is 2.38. The minimum Gasteiger partial charge on any atom is -0.535 e. The molecular formula is C21H24BNO5. The van der Waals surface area contributed by atoms with Crippen molar-refractivity contribution in [3.8, 4) is 5.75 Å². The van der Waals surface area contributed by atoms with E-state index >= 15 is 0 Å². The summed E-state index contributed by atoms with van der Waals surface area (Å²) >= 11 is 0. The molecule has 2 heterocycles. The first-order valence-corrected chi connectivity index (χ1v) is 9.62. The number of ether oxygens (including phenoxy) is 1. The Morgan fingerprint density at radius 1 is 1.29 bits per heavy atom. The van der Waals surface area contributed by atoms with E-state index < -0.39 is 13.1 Å². The maximum Gasteiger partial charge on any atom is 0.526 e. The van der Waals surface area contributed by atoms with Crippen LogP contribution in [0.4, 0.5) is 0 Å². The fourth-order valence-corrected chi connectivity index (χ4v) is 3.30. The lowest BCUT2D eigenvalue weighted by molar-refractivity contribution is -0.118. The zero-order valence-electron chi connectivity index (χ0n) is 16.0. The Hall–Kier alpha value is -2.67. The molecule has 0 fully saturated rings. The molecule has 1 aromatic heterocycles. The SMILES string of the molecule is CCCCOC(=O)c1cccc2c1OB(O)[C@@H](CC(=O)Cc1ccncc1)C2. The van der Waals surface area contributed by atoms with Gasteiger partial charge in [0.2, 0.25) is 0 Å². The number of benzene rings is 1. The molecule has 0 radical (unpaired) electrons. The van der Waals surface area contributed by atoms with Crippen molar-refractivity contribution in [1.82, 2.24) is 4.98 Å². The molecule has 0 saturated heterocycles. The highest BCUT2D eigenvalue weighted by Gasteiger charge is 2.37. The monoisotopic (exact) mass is 381 g/mol. The van der Waals surface area contributed by atoms with Crippen molar-refractivity contribution in [2.24, 2.45) is 0 Å². The van der Waals surface area contributed by atoms with E-state index in [2.05, 4.69) is 4.98 Å². The highest BCUT2D eigenvalue weighted by molar-refractivity contribution is 6.47. The van der Waals surface area contributed by atoms with Crippen LogP contribution in [0.25, 0.3) is 0 Å². The topological polar surface area (TPSA) is 85.7 Å². The van der Waals surface area contributed by atoms with Crippen molar-refractivity contribution in [2.45, 2.75) is 44.8 Å². The normalized spacial score (nSPS) is 15.5. The predicted molar refractivity (Wildman–Crippen MR) is 105 cm³/mol. The van der Waals surface area contributed by atoms with E-state index in [0.29, 0.717) is 30.8 Å². The van der Waals surface area contributed by atoms with Crippen molar-refractivity contribution in [2.75, 3.05) is 6.61 Å². The molecule has 1 aliphatic rings. The average molecular weight is 381 g/mol. The molecule has 146 valence electrons. The molecule has 0 saturated carbocycles. The summed E-state index contributed by atoms with van der Waals surface area (Å²) in [5.41, 5.74) is 2.01. The van der Waals surface area contributed by atoms with E-state index in [1.54, 1.807) is 36.7 Å². The van der Waals surface area contributed by atoms with Gasteiger partial charge < -0.3 is 14.4 Å². The van der Waals surface area contributed by atoms with Gasteiger partial charge in [0.25, 0.3) is 0 Å². The molecule has 2 aromatic rings. The summed E-state index contributed by atoms with van der Waals surface area (Å²) in [5, 5.41) is 10.4. The number of Topliss-reactive ketones (excluding diaryl/α,β-unsaturated/α-hetero) is 1. The average Bonchev–Trinajstić information content (AvgIpc) is 2.69. The van der Waals surface area contributed by atoms with E-state index in [4.69, 9.17) is 9.39 Å². The van der Waals surface area contributed by atoms with Gasteiger partial charge in [-0.25, -0.2) is 4.79 Å². The molecular weight excluding hydrogens is 357 g/mol. The van der Waals surface area contributed by atoms with Gasteiger partial charge in [0.1, 0.15) is 17.1 Å². The lowest BCUT2D eigenvalue weighted by Crippen LogP contribution is -2.36. The van der Waals surface area contributed by atoms with Crippen LogP contribution in [0, 0.1) is 0 Å². The van der Waals surface area contributed by atoms with Crippen LogP contribution in [-0.2, 0) is 22.4 Å². The van der Waals surface area contributed by atoms with Crippen LogP contribution in [-0.4, -0.2) is 35.5 Å². The molecule has 1 aliphatic heterocycles. The molecule has 0 bridgehead atoms. The van der Waals surface area contributed by atoms with E-state index in [9.17, 15) is 14.6 Å². The highest BCUT2D eigenvalue weighted by Crippen LogP contribution is 2.36. The Bertz CT molecular complexity index is 827. The number of aromatic nitrogens is 1. The number of ketones is 1. The van der Waals surface area contributed by atoms with Gasteiger partial charge in [-0.05, 0) is 42.2 Å². The summed E-state index contributed by atoms with van der Waals surface area (Å²) in [4.78, 5) is 28.7. The first-order valence-electron chi connectivity index (χ1n) is 9.62. The zero-order chi connectivity index (χ0) is 19.9. The number of hydrogen-bond donors (Lipinski definition) is 1. The number of unbranched alkanes of at least 4 members (excludes halogenated alkanes) is 1. The Labute approximate surface area is 165 Å². The van der Waals surface area contributed by atoms with E-state index in [1.807, 2.05) is 13.0 Å². The quantitative estimate of drug-likeness (QED) is 0.430. The van der Waals surface area contributed by atoms with Crippen molar-refractivity contribution in [3.63, 3.8) is 0 Å². The zero-order valence-corrected chi connectivity index (χ0v) is 16.0. The number of rotatable bonds is 8. The Kier molecular flexibility index (Phi) is 6.82. The molecule has 3 rings (SSSR count). The molecule has 0 unspecified atom stereocenters. The molecule has 0 spiro atoms. The third-order valence-corrected chi connectivity index (χ3v) is 4.81. The first kappa shape index (κ1) is 20.1. The summed E-state index contributed by atoms with van der Waals surface area (Å²) in [7, 11) is -1.14. The van der Waals surface area contributed by atoms with Gasteiger partial charge >= 0.3 is 13.1 Å². The van der Waals surface area contributed by atoms with Crippen LogP contribution in [0.5, 0.6) is 5.75 Å². The predicted octanol–water partition coefficient (Wildman–Crippen LogP) is 3.03. The standard InChI is InChI=1S/C21H24BNO5/c1-2-3-11-27-21(25)19-6-4-5-16-13-17(22(26)28-20(16)19)14-18(24)12-15-7-9-23-10-8-15/h4-10,17,26H,2-3,11-14H2,1H3/t17-/m1/s1. The van der Waals surface area contributed by atoms with Crippen molar-refractivity contribution in [3.05, 3.63) is 59.4 Å². The third-order valence-electron chi connectivity index (χ3n) is 4.81. The number of esters is 1. The lowest BCUT2D eigenvalue weighted by atomic mass is 9.64. The van der Waals surface area contributed by atoms with Crippen LogP contribution in [0.3, 0.4) is 0 Å². The maximum atomic E-state index is 12.4. The molecule has 6 nitrogen and oxygen atoms in total. The van der Waals surface area contributed by atoms with Crippen LogP contribution < -0.4 is 4.65 Å². The number of fused-ring (bicyclic) bond motifs is 1. The van der Waals surface area contributed by atoms with Gasteiger partial charge in [0.05, 0.1) is 6.61 Å². The van der Waals surface area contributed by atoms with Gasteiger partial charge in [-0.15, -0.1) is 0 Å². The number of para-hydroxylation sites is 1. The fraction of sp³-hybridized carbons (Fsp3) is 0.381. The van der Waals surface area contributed by atoms with Gasteiger partial charge in [-0.2, -0.15) is 0 Å². The molecule has 1 aromatic carbocycles. The van der Waals surface area contributed by atoms with Crippen LogP contribution in [0.1, 0.15) is 47.7 Å². The smallest absolute Gasteiger partial charge is 0.526 e. The molecule has 0 amide bonds. The highest BCUT2D eigenvalue weighted by atomic mass is 16.5. The van der Waals surface area contributed by atoms with Crippen molar-refractivity contribution < 1.29 is 24.0 Å². The van der Waals surface area contributed by atoms with E-state index in [-0.39, 0.29) is 18.0 Å². The summed E-state index contributed by atoms with van der Waals surface area (Å²) in [6, 6.07) is 8.86. The largest absolute Gasteiger partial charge is 0.535 e. The van der Waals surface area contributed by atoms with Gasteiger partial charge in [0.15, 0.2) is 0 Å². The Balaban J connectivity index is 1.66. The number of hydrogen-bond acceptors (Lipinski definition) is 6. The summed E-state index contributed by atoms with van der Waals surface area (Å²) in [5.74, 6) is -0.426. The second-order valence-electron chi connectivity index (χ2n) is 7.03.